The van der Waals surface area contributed by atoms with Crippen molar-refractivity contribution in [3.63, 3.8) is 0 Å². The first-order valence-electron chi connectivity index (χ1n) is 5.39. The Morgan fingerprint density at radius 2 is 2.28 bits per heavy atom. The van der Waals surface area contributed by atoms with Gasteiger partial charge in [-0.1, -0.05) is 11.6 Å². The summed E-state index contributed by atoms with van der Waals surface area (Å²) in [6.45, 7) is 0.473. The number of alkyl halides is 1. The lowest BCUT2D eigenvalue weighted by Gasteiger charge is -2.15. The highest BCUT2D eigenvalue weighted by atomic mass is 35.5. The van der Waals surface area contributed by atoms with Crippen LogP contribution in [0.2, 0.25) is 5.02 Å². The average Bonchev–Trinajstić information content (AvgIpc) is 2.34. The van der Waals surface area contributed by atoms with E-state index in [1.54, 1.807) is 7.11 Å². The number of hydrogen-bond donors (Lipinski definition) is 1. The van der Waals surface area contributed by atoms with Crippen LogP contribution in [0.4, 0.5) is 4.39 Å². The monoisotopic (exact) mass is 293 g/mol. The molecule has 0 aromatic heterocycles. The summed E-state index contributed by atoms with van der Waals surface area (Å²) in [5.74, 6) is -0.921. The first kappa shape index (κ1) is 15.2. The van der Waals surface area contributed by atoms with Crippen molar-refractivity contribution in [1.82, 2.24) is 5.32 Å². The van der Waals surface area contributed by atoms with Gasteiger partial charge in [-0.15, -0.1) is 11.6 Å². The van der Waals surface area contributed by atoms with Crippen LogP contribution in [0.3, 0.4) is 0 Å². The molecule has 0 saturated carbocycles. The molecule has 3 nitrogen and oxygen atoms in total. The molecule has 0 saturated heterocycles. The molecule has 1 N–H and O–H groups in total. The second kappa shape index (κ2) is 7.56. The maximum Gasteiger partial charge on any atom is 0.254 e. The van der Waals surface area contributed by atoms with E-state index >= 15 is 0 Å². The Bertz CT molecular complexity index is 415. The van der Waals surface area contributed by atoms with Crippen molar-refractivity contribution in [3.05, 3.63) is 34.6 Å². The van der Waals surface area contributed by atoms with Crippen LogP contribution in [0.1, 0.15) is 16.8 Å². The van der Waals surface area contributed by atoms with Crippen molar-refractivity contribution in [2.75, 3.05) is 19.6 Å². The number of halogens is 3. The molecule has 6 heteroatoms. The van der Waals surface area contributed by atoms with E-state index in [1.807, 2.05) is 0 Å². The molecule has 0 aliphatic rings. The molecule has 0 aliphatic carbocycles. The van der Waals surface area contributed by atoms with Crippen LogP contribution < -0.4 is 5.32 Å². The van der Waals surface area contributed by atoms with Gasteiger partial charge in [0.1, 0.15) is 5.82 Å². The maximum atomic E-state index is 13.5. The number of ether oxygens (including phenoxy) is 1. The van der Waals surface area contributed by atoms with E-state index in [9.17, 15) is 9.18 Å². The lowest BCUT2D eigenvalue weighted by molar-refractivity contribution is 0.0926. The second-order valence-corrected chi connectivity index (χ2v) is 4.48. The van der Waals surface area contributed by atoms with Crippen LogP contribution in [0.15, 0.2) is 18.2 Å². The van der Waals surface area contributed by atoms with Gasteiger partial charge in [-0.2, -0.15) is 0 Å². The summed E-state index contributed by atoms with van der Waals surface area (Å²) in [7, 11) is 1.56. The first-order valence-corrected chi connectivity index (χ1v) is 6.30. The van der Waals surface area contributed by atoms with E-state index in [4.69, 9.17) is 27.9 Å². The van der Waals surface area contributed by atoms with Gasteiger partial charge in [-0.05, 0) is 24.6 Å². The molecule has 1 aromatic carbocycles. The summed E-state index contributed by atoms with van der Waals surface area (Å²) >= 11 is 11.3. The van der Waals surface area contributed by atoms with Gasteiger partial charge in [0.2, 0.25) is 0 Å². The van der Waals surface area contributed by atoms with Gasteiger partial charge >= 0.3 is 0 Å². The summed E-state index contributed by atoms with van der Waals surface area (Å²) in [5.41, 5.74) is -0.0491. The molecular formula is C12H14Cl2FNO2. The minimum absolute atomic E-state index is 0.0491. The summed E-state index contributed by atoms with van der Waals surface area (Å²) < 4.78 is 18.4. The zero-order valence-electron chi connectivity index (χ0n) is 9.88. The van der Waals surface area contributed by atoms with Gasteiger partial charge in [-0.3, -0.25) is 4.79 Å². The number of carbonyl (C=O) groups excluding carboxylic acids is 1. The van der Waals surface area contributed by atoms with E-state index in [0.717, 1.165) is 6.07 Å². The Hall–Kier alpha value is -0.840. The first-order chi connectivity index (χ1) is 8.58. The Morgan fingerprint density at radius 3 is 2.83 bits per heavy atom. The number of benzene rings is 1. The largest absolute Gasteiger partial charge is 0.385 e. The smallest absolute Gasteiger partial charge is 0.254 e. The molecule has 0 spiro atoms. The molecule has 0 fully saturated rings. The number of nitrogens with one attached hydrogen (secondary N) is 1. The fourth-order valence-corrected chi connectivity index (χ4v) is 1.78. The molecule has 1 unspecified atom stereocenters. The third-order valence-corrected chi connectivity index (χ3v) is 2.98. The van der Waals surface area contributed by atoms with Crippen molar-refractivity contribution in [3.8, 4) is 0 Å². The highest BCUT2D eigenvalue weighted by Crippen LogP contribution is 2.14. The number of carbonyl (C=O) groups is 1. The van der Waals surface area contributed by atoms with E-state index in [-0.39, 0.29) is 22.5 Å². The van der Waals surface area contributed by atoms with Crippen LogP contribution in [-0.4, -0.2) is 31.5 Å². The van der Waals surface area contributed by atoms with Gasteiger partial charge in [0.15, 0.2) is 0 Å². The van der Waals surface area contributed by atoms with Crippen molar-refractivity contribution in [1.29, 1.82) is 0 Å². The van der Waals surface area contributed by atoms with Gasteiger partial charge in [0.25, 0.3) is 5.91 Å². The summed E-state index contributed by atoms with van der Waals surface area (Å²) in [5, 5.41) is 2.89. The molecule has 0 radical (unpaired) electrons. The van der Waals surface area contributed by atoms with Gasteiger partial charge in [0, 0.05) is 30.7 Å². The van der Waals surface area contributed by atoms with E-state index in [1.165, 1.54) is 12.1 Å². The van der Waals surface area contributed by atoms with Crippen LogP contribution in [0, 0.1) is 5.82 Å². The standard InChI is InChI=1S/C12H14Cl2FNO2/c1-18-5-4-9(7-13)16-12(17)10-3-2-8(14)6-11(10)15/h2-3,6,9H,4-5,7H2,1H3,(H,16,17). The second-order valence-electron chi connectivity index (χ2n) is 3.73. The molecule has 18 heavy (non-hydrogen) atoms. The molecule has 1 atom stereocenters. The zero-order chi connectivity index (χ0) is 13.5. The van der Waals surface area contributed by atoms with Gasteiger partial charge in [0.05, 0.1) is 5.56 Å². The topological polar surface area (TPSA) is 38.3 Å². The normalized spacial score (nSPS) is 12.2. The number of hydrogen-bond acceptors (Lipinski definition) is 2. The Labute approximate surface area is 115 Å². The van der Waals surface area contributed by atoms with Gasteiger partial charge in [-0.25, -0.2) is 4.39 Å². The van der Waals surface area contributed by atoms with Crippen LogP contribution in [-0.2, 0) is 4.74 Å². The predicted molar refractivity (Wildman–Crippen MR) is 69.9 cm³/mol. The molecule has 100 valence electrons. The number of methoxy groups -OCH3 is 1. The molecule has 0 heterocycles. The summed E-state index contributed by atoms with van der Waals surface area (Å²) in [6, 6.07) is 3.65. The van der Waals surface area contributed by atoms with Crippen molar-refractivity contribution in [2.45, 2.75) is 12.5 Å². The molecule has 1 rings (SSSR count). The summed E-state index contributed by atoms with van der Waals surface area (Å²) in [4.78, 5) is 11.8. The van der Waals surface area contributed by atoms with E-state index < -0.39 is 11.7 Å². The highest BCUT2D eigenvalue weighted by Gasteiger charge is 2.16. The third kappa shape index (κ3) is 4.44. The van der Waals surface area contributed by atoms with Crippen molar-refractivity contribution < 1.29 is 13.9 Å². The lowest BCUT2D eigenvalue weighted by atomic mass is 10.1. The zero-order valence-corrected chi connectivity index (χ0v) is 11.4. The van der Waals surface area contributed by atoms with Gasteiger partial charge < -0.3 is 10.1 Å². The number of rotatable bonds is 6. The lowest BCUT2D eigenvalue weighted by Crippen LogP contribution is -2.37. The summed E-state index contributed by atoms with van der Waals surface area (Å²) in [6.07, 6.45) is 0.570. The quantitative estimate of drug-likeness (QED) is 0.819. The minimum atomic E-state index is -0.653. The van der Waals surface area contributed by atoms with Crippen molar-refractivity contribution in [2.24, 2.45) is 0 Å². The average molecular weight is 294 g/mol. The van der Waals surface area contributed by atoms with Crippen LogP contribution >= 0.6 is 23.2 Å². The van der Waals surface area contributed by atoms with E-state index in [0.29, 0.717) is 13.0 Å². The fraction of sp³-hybridized carbons (Fsp3) is 0.417. The molecule has 1 amide bonds. The van der Waals surface area contributed by atoms with E-state index in [2.05, 4.69) is 5.32 Å². The molecule has 1 aromatic rings. The predicted octanol–water partition coefficient (Wildman–Crippen LogP) is 2.85. The Morgan fingerprint density at radius 1 is 1.56 bits per heavy atom. The maximum absolute atomic E-state index is 13.5. The molecule has 0 aliphatic heterocycles. The minimum Gasteiger partial charge on any atom is -0.385 e. The SMILES string of the molecule is COCCC(CCl)NC(=O)c1ccc(Cl)cc1F. The Kier molecular flexibility index (Phi) is 6.39. The highest BCUT2D eigenvalue weighted by molar-refractivity contribution is 6.30. The molecular weight excluding hydrogens is 280 g/mol. The Balaban J connectivity index is 2.68. The molecule has 0 bridgehead atoms. The number of amides is 1. The van der Waals surface area contributed by atoms with Crippen molar-refractivity contribution >= 4 is 29.1 Å². The fourth-order valence-electron chi connectivity index (χ4n) is 1.38. The van der Waals surface area contributed by atoms with Crippen LogP contribution in [0.5, 0.6) is 0 Å². The third-order valence-electron chi connectivity index (χ3n) is 2.37. The van der Waals surface area contributed by atoms with Crippen LogP contribution in [0.25, 0.3) is 0 Å².